The summed E-state index contributed by atoms with van der Waals surface area (Å²) in [6.07, 6.45) is 2.50. The number of carbonyl (C=O) groups is 2. The molecule has 0 aromatic rings. The van der Waals surface area contributed by atoms with Gasteiger partial charge in [0.1, 0.15) is 0 Å². The molecule has 0 atom stereocenters. The lowest BCUT2D eigenvalue weighted by Gasteiger charge is -2.38. The standard InChI is InChI=1S/C11H19N3O2/c1-2-12-10(16)14-5-3-11(4-6-14)7-9(15)13-8-11/h2-8H2,1H3,(H,12,16)(H,13,15). The zero-order valence-corrected chi connectivity index (χ0v) is 9.71. The third-order valence-corrected chi connectivity index (χ3v) is 3.64. The molecular formula is C11H19N3O2. The summed E-state index contributed by atoms with van der Waals surface area (Å²) in [7, 11) is 0. The second-order valence-corrected chi connectivity index (χ2v) is 4.78. The molecule has 3 amide bonds. The summed E-state index contributed by atoms with van der Waals surface area (Å²) < 4.78 is 0. The first kappa shape index (κ1) is 11.2. The lowest BCUT2D eigenvalue weighted by atomic mass is 9.78. The molecule has 2 aliphatic heterocycles. The molecule has 0 radical (unpaired) electrons. The lowest BCUT2D eigenvalue weighted by molar-refractivity contribution is -0.119. The average molecular weight is 225 g/mol. The fourth-order valence-electron chi connectivity index (χ4n) is 2.55. The largest absolute Gasteiger partial charge is 0.356 e. The zero-order valence-electron chi connectivity index (χ0n) is 9.71. The van der Waals surface area contributed by atoms with E-state index in [1.165, 1.54) is 0 Å². The zero-order chi connectivity index (χ0) is 11.6. The van der Waals surface area contributed by atoms with E-state index in [0.717, 1.165) is 32.5 Å². The molecule has 2 N–H and O–H groups in total. The number of urea groups is 1. The van der Waals surface area contributed by atoms with E-state index in [2.05, 4.69) is 10.6 Å². The number of hydrogen-bond acceptors (Lipinski definition) is 2. The van der Waals surface area contributed by atoms with Crippen LogP contribution in [0.3, 0.4) is 0 Å². The van der Waals surface area contributed by atoms with Gasteiger partial charge in [0.2, 0.25) is 5.91 Å². The Bertz CT molecular complexity index is 296. The quantitative estimate of drug-likeness (QED) is 0.675. The van der Waals surface area contributed by atoms with Crippen molar-refractivity contribution in [3.63, 3.8) is 0 Å². The van der Waals surface area contributed by atoms with Crippen molar-refractivity contribution in [1.29, 1.82) is 0 Å². The van der Waals surface area contributed by atoms with Crippen LogP contribution >= 0.6 is 0 Å². The van der Waals surface area contributed by atoms with Crippen molar-refractivity contribution in [2.75, 3.05) is 26.2 Å². The molecule has 16 heavy (non-hydrogen) atoms. The number of hydrogen-bond donors (Lipinski definition) is 2. The Labute approximate surface area is 95.6 Å². The summed E-state index contributed by atoms with van der Waals surface area (Å²) in [5, 5.41) is 5.70. The Kier molecular flexibility index (Phi) is 3.03. The van der Waals surface area contributed by atoms with Gasteiger partial charge in [0.05, 0.1) is 0 Å². The number of likely N-dealkylation sites (tertiary alicyclic amines) is 1. The number of nitrogens with zero attached hydrogens (tertiary/aromatic N) is 1. The van der Waals surface area contributed by atoms with E-state index in [4.69, 9.17) is 0 Å². The number of rotatable bonds is 1. The monoisotopic (exact) mass is 225 g/mol. The molecule has 2 heterocycles. The maximum atomic E-state index is 11.6. The Morgan fingerprint density at radius 1 is 1.50 bits per heavy atom. The van der Waals surface area contributed by atoms with Gasteiger partial charge in [0.15, 0.2) is 0 Å². The molecule has 1 spiro atoms. The fourth-order valence-corrected chi connectivity index (χ4v) is 2.55. The van der Waals surface area contributed by atoms with Crippen LogP contribution in [0.2, 0.25) is 0 Å². The van der Waals surface area contributed by atoms with E-state index in [1.54, 1.807) is 0 Å². The van der Waals surface area contributed by atoms with Gasteiger partial charge in [-0.3, -0.25) is 4.79 Å². The van der Waals surface area contributed by atoms with Gasteiger partial charge in [-0.1, -0.05) is 0 Å². The van der Waals surface area contributed by atoms with Crippen LogP contribution < -0.4 is 10.6 Å². The highest BCUT2D eigenvalue weighted by molar-refractivity contribution is 5.79. The average Bonchev–Trinajstić information content (AvgIpc) is 2.61. The highest BCUT2D eigenvalue weighted by Gasteiger charge is 2.41. The van der Waals surface area contributed by atoms with Gasteiger partial charge in [-0.05, 0) is 25.2 Å². The molecule has 5 nitrogen and oxygen atoms in total. The molecule has 2 aliphatic rings. The Balaban J connectivity index is 1.87. The maximum absolute atomic E-state index is 11.6. The summed E-state index contributed by atoms with van der Waals surface area (Å²) in [5.74, 6) is 0.159. The van der Waals surface area contributed by atoms with E-state index in [1.807, 2.05) is 11.8 Å². The summed E-state index contributed by atoms with van der Waals surface area (Å²) in [6.45, 7) is 4.90. The minimum Gasteiger partial charge on any atom is -0.356 e. The molecule has 2 saturated heterocycles. The van der Waals surface area contributed by atoms with Gasteiger partial charge in [-0.2, -0.15) is 0 Å². The number of nitrogens with one attached hydrogen (secondary N) is 2. The molecule has 90 valence electrons. The van der Waals surface area contributed by atoms with Gasteiger partial charge in [0.25, 0.3) is 0 Å². The Morgan fingerprint density at radius 2 is 2.19 bits per heavy atom. The van der Waals surface area contributed by atoms with Gasteiger partial charge in [0, 0.05) is 32.6 Å². The summed E-state index contributed by atoms with van der Waals surface area (Å²) >= 11 is 0. The molecule has 0 saturated carbocycles. The van der Waals surface area contributed by atoms with Crippen LogP contribution in [-0.4, -0.2) is 43.0 Å². The van der Waals surface area contributed by atoms with Gasteiger partial charge >= 0.3 is 6.03 Å². The molecule has 0 aliphatic carbocycles. The first-order valence-electron chi connectivity index (χ1n) is 5.95. The van der Waals surface area contributed by atoms with Crippen molar-refractivity contribution < 1.29 is 9.59 Å². The second-order valence-electron chi connectivity index (χ2n) is 4.78. The van der Waals surface area contributed by atoms with Gasteiger partial charge in [-0.25, -0.2) is 4.79 Å². The normalized spacial score (nSPS) is 23.3. The van der Waals surface area contributed by atoms with Crippen LogP contribution in [0.1, 0.15) is 26.2 Å². The first-order chi connectivity index (χ1) is 7.65. The molecule has 0 aromatic carbocycles. The van der Waals surface area contributed by atoms with Crippen LogP contribution in [0.15, 0.2) is 0 Å². The van der Waals surface area contributed by atoms with Crippen molar-refractivity contribution in [1.82, 2.24) is 15.5 Å². The van der Waals surface area contributed by atoms with Crippen molar-refractivity contribution >= 4 is 11.9 Å². The maximum Gasteiger partial charge on any atom is 0.317 e. The predicted molar refractivity (Wildman–Crippen MR) is 59.9 cm³/mol. The van der Waals surface area contributed by atoms with E-state index < -0.39 is 0 Å². The number of carbonyl (C=O) groups excluding carboxylic acids is 2. The van der Waals surface area contributed by atoms with Crippen LogP contribution in [0.4, 0.5) is 4.79 Å². The molecular weight excluding hydrogens is 206 g/mol. The van der Waals surface area contributed by atoms with Crippen LogP contribution in [-0.2, 0) is 4.79 Å². The first-order valence-corrected chi connectivity index (χ1v) is 5.95. The van der Waals surface area contributed by atoms with Crippen LogP contribution in [0.25, 0.3) is 0 Å². The third-order valence-electron chi connectivity index (χ3n) is 3.64. The fraction of sp³-hybridized carbons (Fsp3) is 0.818. The molecule has 0 bridgehead atoms. The molecule has 0 unspecified atom stereocenters. The molecule has 2 rings (SSSR count). The number of piperidine rings is 1. The van der Waals surface area contributed by atoms with Crippen LogP contribution in [0.5, 0.6) is 0 Å². The van der Waals surface area contributed by atoms with E-state index in [9.17, 15) is 9.59 Å². The van der Waals surface area contributed by atoms with E-state index in [-0.39, 0.29) is 17.4 Å². The van der Waals surface area contributed by atoms with Crippen molar-refractivity contribution in [3.8, 4) is 0 Å². The van der Waals surface area contributed by atoms with Gasteiger partial charge < -0.3 is 15.5 Å². The van der Waals surface area contributed by atoms with E-state index >= 15 is 0 Å². The minimum atomic E-state index is 0.0228. The summed E-state index contributed by atoms with van der Waals surface area (Å²) in [6, 6.07) is 0.0228. The highest BCUT2D eigenvalue weighted by atomic mass is 16.2. The van der Waals surface area contributed by atoms with Crippen molar-refractivity contribution in [2.24, 2.45) is 5.41 Å². The minimum absolute atomic E-state index is 0.0228. The van der Waals surface area contributed by atoms with Crippen molar-refractivity contribution in [2.45, 2.75) is 26.2 Å². The smallest absolute Gasteiger partial charge is 0.317 e. The Morgan fingerprint density at radius 3 is 2.69 bits per heavy atom. The number of amides is 3. The SMILES string of the molecule is CCNC(=O)N1CCC2(CC1)CNC(=O)C2. The summed E-state index contributed by atoms with van der Waals surface area (Å²) in [4.78, 5) is 24.7. The molecule has 5 heteroatoms. The predicted octanol–water partition coefficient (Wildman–Crippen LogP) is 0.318. The third kappa shape index (κ3) is 2.13. The topological polar surface area (TPSA) is 61.4 Å². The Hall–Kier alpha value is -1.26. The summed E-state index contributed by atoms with van der Waals surface area (Å²) in [5.41, 5.74) is 0.125. The van der Waals surface area contributed by atoms with E-state index in [0.29, 0.717) is 13.0 Å². The highest BCUT2D eigenvalue weighted by Crippen LogP contribution is 2.37. The molecule has 2 fully saturated rings. The second kappa shape index (κ2) is 4.31. The molecule has 0 aromatic heterocycles. The van der Waals surface area contributed by atoms with Crippen LogP contribution in [0, 0.1) is 5.41 Å². The van der Waals surface area contributed by atoms with Gasteiger partial charge in [-0.15, -0.1) is 0 Å². The lowest BCUT2D eigenvalue weighted by Crippen LogP contribution is -2.47. The van der Waals surface area contributed by atoms with Crippen molar-refractivity contribution in [3.05, 3.63) is 0 Å².